The molecule has 17 heavy (non-hydrogen) atoms. The molecule has 0 aliphatic carbocycles. The van der Waals surface area contributed by atoms with E-state index in [0.29, 0.717) is 18.2 Å². The Hall–Kier alpha value is -2.05. The smallest absolute Gasteiger partial charge is 0.387 e. The lowest BCUT2D eigenvalue weighted by atomic mass is 10.2. The van der Waals surface area contributed by atoms with Crippen LogP contribution in [-0.2, 0) is 4.79 Å². The average Bonchev–Trinajstić information content (AvgIpc) is 2.19. The zero-order valence-electron chi connectivity index (χ0n) is 8.16. The normalized spacial score (nSPS) is 11.1. The lowest BCUT2D eigenvalue weighted by Crippen LogP contribution is -2.04. The Morgan fingerprint density at radius 2 is 1.94 bits per heavy atom. The SMILES string of the molecule is O=C(O)/C=C/c1cc(OC(F)F)c(F)cc1F. The van der Waals surface area contributed by atoms with E-state index in [0.717, 1.165) is 6.08 Å². The van der Waals surface area contributed by atoms with Crippen molar-refractivity contribution in [2.24, 2.45) is 0 Å². The Balaban J connectivity index is 3.09. The van der Waals surface area contributed by atoms with Crippen LogP contribution in [0.15, 0.2) is 18.2 Å². The molecule has 7 heteroatoms. The molecule has 0 atom stereocenters. The van der Waals surface area contributed by atoms with Gasteiger partial charge in [0.1, 0.15) is 5.82 Å². The molecule has 1 aromatic carbocycles. The number of hydrogen-bond acceptors (Lipinski definition) is 2. The van der Waals surface area contributed by atoms with E-state index in [9.17, 15) is 22.4 Å². The van der Waals surface area contributed by atoms with E-state index in [1.54, 1.807) is 0 Å². The van der Waals surface area contributed by atoms with Crippen molar-refractivity contribution in [1.29, 1.82) is 0 Å². The van der Waals surface area contributed by atoms with Gasteiger partial charge in [-0.05, 0) is 12.1 Å². The fraction of sp³-hybridized carbons (Fsp3) is 0.100. The largest absolute Gasteiger partial charge is 0.478 e. The van der Waals surface area contributed by atoms with Gasteiger partial charge in [0.2, 0.25) is 0 Å². The lowest BCUT2D eigenvalue weighted by molar-refractivity contribution is -0.131. The van der Waals surface area contributed by atoms with Gasteiger partial charge in [-0.3, -0.25) is 0 Å². The Morgan fingerprint density at radius 1 is 1.29 bits per heavy atom. The number of rotatable bonds is 4. The van der Waals surface area contributed by atoms with Gasteiger partial charge in [-0.1, -0.05) is 0 Å². The summed E-state index contributed by atoms with van der Waals surface area (Å²) in [5.74, 6) is -4.59. The van der Waals surface area contributed by atoms with Crippen molar-refractivity contribution in [1.82, 2.24) is 0 Å². The molecule has 0 fully saturated rings. The van der Waals surface area contributed by atoms with E-state index < -0.39 is 30.0 Å². The quantitative estimate of drug-likeness (QED) is 0.660. The van der Waals surface area contributed by atoms with Crippen LogP contribution in [0.5, 0.6) is 5.75 Å². The molecule has 1 aromatic rings. The third-order valence-corrected chi connectivity index (χ3v) is 1.67. The maximum absolute atomic E-state index is 13.1. The van der Waals surface area contributed by atoms with E-state index in [-0.39, 0.29) is 5.56 Å². The van der Waals surface area contributed by atoms with E-state index in [1.165, 1.54) is 0 Å². The first kappa shape index (κ1) is 13.0. The van der Waals surface area contributed by atoms with E-state index >= 15 is 0 Å². The molecule has 0 unspecified atom stereocenters. The minimum atomic E-state index is -3.26. The van der Waals surface area contributed by atoms with Gasteiger partial charge in [-0.15, -0.1) is 0 Å². The van der Waals surface area contributed by atoms with E-state index in [2.05, 4.69) is 4.74 Å². The summed E-state index contributed by atoms with van der Waals surface area (Å²) in [5.41, 5.74) is -0.371. The van der Waals surface area contributed by atoms with Gasteiger partial charge >= 0.3 is 12.6 Å². The highest BCUT2D eigenvalue weighted by molar-refractivity contribution is 5.85. The summed E-state index contributed by atoms with van der Waals surface area (Å²) in [6, 6.07) is 0.982. The zero-order valence-corrected chi connectivity index (χ0v) is 8.16. The molecule has 0 saturated heterocycles. The first-order chi connectivity index (χ1) is 7.90. The van der Waals surface area contributed by atoms with Crippen LogP contribution in [0.1, 0.15) is 5.56 Å². The van der Waals surface area contributed by atoms with Crippen molar-refractivity contribution in [3.8, 4) is 5.75 Å². The molecule has 3 nitrogen and oxygen atoms in total. The predicted molar refractivity (Wildman–Crippen MR) is 49.7 cm³/mol. The summed E-state index contributed by atoms with van der Waals surface area (Å²) in [6.45, 7) is -3.26. The molecular formula is C10H6F4O3. The molecular weight excluding hydrogens is 244 g/mol. The molecule has 0 heterocycles. The highest BCUT2D eigenvalue weighted by Crippen LogP contribution is 2.24. The molecule has 0 spiro atoms. The predicted octanol–water partition coefficient (Wildman–Crippen LogP) is 2.66. The Labute approximate surface area is 92.9 Å². The number of alkyl halides is 2. The second-order valence-corrected chi connectivity index (χ2v) is 2.85. The number of hydrogen-bond donors (Lipinski definition) is 1. The first-order valence-corrected chi connectivity index (χ1v) is 4.25. The number of aliphatic carboxylic acids is 1. The number of carboxylic acid groups (broad SMARTS) is 1. The van der Waals surface area contributed by atoms with Crippen LogP contribution in [0.25, 0.3) is 6.08 Å². The third-order valence-electron chi connectivity index (χ3n) is 1.67. The molecule has 0 radical (unpaired) electrons. The van der Waals surface area contributed by atoms with Gasteiger partial charge in [0.15, 0.2) is 11.6 Å². The zero-order chi connectivity index (χ0) is 13.0. The van der Waals surface area contributed by atoms with Crippen molar-refractivity contribution >= 4 is 12.0 Å². The Bertz CT molecular complexity index is 457. The number of ether oxygens (including phenoxy) is 1. The first-order valence-electron chi connectivity index (χ1n) is 4.25. The van der Waals surface area contributed by atoms with Gasteiger partial charge in [0, 0.05) is 17.7 Å². The van der Waals surface area contributed by atoms with Crippen LogP contribution in [0.2, 0.25) is 0 Å². The maximum atomic E-state index is 13.1. The molecule has 1 rings (SSSR count). The summed E-state index contributed by atoms with van der Waals surface area (Å²) in [7, 11) is 0. The average molecular weight is 250 g/mol. The Kier molecular flexibility index (Phi) is 4.08. The number of benzene rings is 1. The van der Waals surface area contributed by atoms with Gasteiger partial charge < -0.3 is 9.84 Å². The van der Waals surface area contributed by atoms with Gasteiger partial charge in [-0.25, -0.2) is 13.6 Å². The second-order valence-electron chi connectivity index (χ2n) is 2.85. The summed E-state index contributed by atoms with van der Waals surface area (Å²) >= 11 is 0. The molecule has 0 aromatic heterocycles. The van der Waals surface area contributed by atoms with E-state index in [1.807, 2.05) is 0 Å². The lowest BCUT2D eigenvalue weighted by Gasteiger charge is -2.07. The third kappa shape index (κ3) is 3.78. The topological polar surface area (TPSA) is 46.5 Å². The molecule has 0 saturated carbocycles. The van der Waals surface area contributed by atoms with Crippen LogP contribution < -0.4 is 4.74 Å². The second kappa shape index (κ2) is 5.33. The van der Waals surface area contributed by atoms with Gasteiger partial charge in [-0.2, -0.15) is 8.78 Å². The minimum absolute atomic E-state index is 0.333. The van der Waals surface area contributed by atoms with Crippen LogP contribution in [0.4, 0.5) is 17.6 Å². The van der Waals surface area contributed by atoms with Crippen molar-refractivity contribution in [3.63, 3.8) is 0 Å². The summed E-state index contributed by atoms with van der Waals surface area (Å²) in [6.07, 6.45) is 1.39. The molecule has 0 aliphatic rings. The molecule has 0 aliphatic heterocycles. The van der Waals surface area contributed by atoms with Crippen LogP contribution >= 0.6 is 0 Å². The van der Waals surface area contributed by atoms with Crippen LogP contribution in [-0.4, -0.2) is 17.7 Å². The number of halogens is 4. The van der Waals surface area contributed by atoms with Crippen molar-refractivity contribution in [2.45, 2.75) is 6.61 Å². The highest BCUT2D eigenvalue weighted by atomic mass is 19.3. The van der Waals surface area contributed by atoms with Crippen molar-refractivity contribution in [2.75, 3.05) is 0 Å². The summed E-state index contributed by atoms with van der Waals surface area (Å²) in [5, 5.41) is 8.30. The van der Waals surface area contributed by atoms with Crippen LogP contribution in [0.3, 0.4) is 0 Å². The van der Waals surface area contributed by atoms with Gasteiger partial charge in [0.05, 0.1) is 0 Å². The molecule has 0 bridgehead atoms. The van der Waals surface area contributed by atoms with E-state index in [4.69, 9.17) is 5.11 Å². The van der Waals surface area contributed by atoms with Crippen molar-refractivity contribution < 1.29 is 32.2 Å². The van der Waals surface area contributed by atoms with Gasteiger partial charge in [0.25, 0.3) is 0 Å². The standard InChI is InChI=1S/C10H6F4O3/c11-6-4-7(12)8(17-10(13)14)3-5(6)1-2-9(15)16/h1-4,10H,(H,15,16)/b2-1+. The molecule has 0 amide bonds. The van der Waals surface area contributed by atoms with Crippen molar-refractivity contribution in [3.05, 3.63) is 35.4 Å². The minimum Gasteiger partial charge on any atom is -0.478 e. The van der Waals surface area contributed by atoms with Crippen LogP contribution in [0, 0.1) is 11.6 Å². The maximum Gasteiger partial charge on any atom is 0.387 e. The fourth-order valence-corrected chi connectivity index (χ4v) is 1.02. The summed E-state index contributed by atoms with van der Waals surface area (Å²) < 4.78 is 53.5. The number of carbonyl (C=O) groups is 1. The summed E-state index contributed by atoms with van der Waals surface area (Å²) in [4.78, 5) is 10.2. The number of carboxylic acids is 1. The monoisotopic (exact) mass is 250 g/mol. The highest BCUT2D eigenvalue weighted by Gasteiger charge is 2.13. The molecule has 1 N–H and O–H groups in total. The molecule has 92 valence electrons. The fourth-order valence-electron chi connectivity index (χ4n) is 1.02. The Morgan fingerprint density at radius 3 is 2.47 bits per heavy atom.